The highest BCUT2D eigenvalue weighted by Gasteiger charge is 2.36. The lowest BCUT2D eigenvalue weighted by Crippen LogP contribution is -2.49. The van der Waals surface area contributed by atoms with Crippen molar-refractivity contribution in [2.45, 2.75) is 31.7 Å². The summed E-state index contributed by atoms with van der Waals surface area (Å²) >= 11 is 0. The number of methoxy groups -OCH3 is 1. The van der Waals surface area contributed by atoms with E-state index in [2.05, 4.69) is 11.0 Å². The number of cyclic esters (lactones) is 1. The molecule has 2 fully saturated rings. The summed E-state index contributed by atoms with van der Waals surface area (Å²) in [5, 5.41) is 0. The van der Waals surface area contributed by atoms with Crippen LogP contribution in [0.15, 0.2) is 29.2 Å². The second-order valence-corrected chi connectivity index (χ2v) is 11.3. The SMILES string of the molecule is COC[C@@H]1COC(=O)N1c1ccc(C(=O)N2CCN(c3nc(C)c(C)cc3C)CC2)c(S(C)(=O)=O)c1.Cl. The van der Waals surface area contributed by atoms with E-state index in [9.17, 15) is 18.0 Å². The number of pyridine rings is 1. The summed E-state index contributed by atoms with van der Waals surface area (Å²) in [6.45, 7) is 8.47. The number of hydrogen-bond donors (Lipinski definition) is 0. The van der Waals surface area contributed by atoms with Gasteiger partial charge in [-0.1, -0.05) is 6.07 Å². The lowest BCUT2D eigenvalue weighted by atomic mass is 10.1. The van der Waals surface area contributed by atoms with Crippen molar-refractivity contribution in [1.82, 2.24) is 9.88 Å². The van der Waals surface area contributed by atoms with Crippen LogP contribution in [0.2, 0.25) is 0 Å². The lowest BCUT2D eigenvalue weighted by Gasteiger charge is -2.36. The Balaban J connectivity index is 0.00000380. The highest BCUT2D eigenvalue weighted by atomic mass is 35.5. The normalized spacial score (nSPS) is 18.0. The maximum Gasteiger partial charge on any atom is 0.414 e. The van der Waals surface area contributed by atoms with Crippen LogP contribution in [0.3, 0.4) is 0 Å². The number of anilines is 2. The van der Waals surface area contributed by atoms with Crippen LogP contribution in [-0.2, 0) is 19.3 Å². The molecule has 0 radical (unpaired) electrons. The van der Waals surface area contributed by atoms with Gasteiger partial charge in [0.25, 0.3) is 5.91 Å². The van der Waals surface area contributed by atoms with Gasteiger partial charge in [-0.3, -0.25) is 9.69 Å². The minimum Gasteiger partial charge on any atom is -0.447 e. The fourth-order valence-corrected chi connectivity index (χ4v) is 5.57. The number of carbonyl (C=O) groups excluding carboxylic acids is 2. The third kappa shape index (κ3) is 5.83. The summed E-state index contributed by atoms with van der Waals surface area (Å²) in [5.74, 6) is 0.554. The molecule has 0 N–H and O–H groups in total. The van der Waals surface area contributed by atoms with Crippen LogP contribution in [0.25, 0.3) is 0 Å². The minimum atomic E-state index is -3.76. The van der Waals surface area contributed by atoms with Gasteiger partial charge in [0.05, 0.1) is 23.1 Å². The standard InChI is InChI=1S/C25H32N4O6S.ClH/c1-16-12-17(2)23(26-18(16)3)27-8-10-28(11-9-27)24(30)21-7-6-19(13-22(21)36(5,32)33)29-20(14-34-4)15-35-25(29)31;/h6-7,12-13,20H,8-11,14-15H2,1-5H3;1H/t20-;/m1./s1. The molecule has 0 saturated carbocycles. The molecule has 12 heteroatoms. The van der Waals surface area contributed by atoms with Crippen LogP contribution < -0.4 is 9.80 Å². The number of sulfone groups is 1. The van der Waals surface area contributed by atoms with Crippen molar-refractivity contribution in [3.63, 3.8) is 0 Å². The Morgan fingerprint density at radius 2 is 1.78 bits per heavy atom. The smallest absolute Gasteiger partial charge is 0.414 e. The van der Waals surface area contributed by atoms with Crippen molar-refractivity contribution in [2.75, 3.05) is 62.6 Å². The average Bonchev–Trinajstić information content (AvgIpc) is 3.20. The molecule has 1 atom stereocenters. The fraction of sp³-hybridized carbons (Fsp3) is 0.480. The van der Waals surface area contributed by atoms with E-state index >= 15 is 0 Å². The molecular weight excluding hydrogens is 520 g/mol. The van der Waals surface area contributed by atoms with E-state index in [0.717, 1.165) is 28.9 Å². The number of carbonyl (C=O) groups is 2. The Labute approximate surface area is 223 Å². The molecule has 0 spiro atoms. The average molecular weight is 553 g/mol. The highest BCUT2D eigenvalue weighted by molar-refractivity contribution is 7.90. The molecule has 0 bridgehead atoms. The van der Waals surface area contributed by atoms with Gasteiger partial charge in [0.2, 0.25) is 0 Å². The molecule has 0 aliphatic carbocycles. The maximum atomic E-state index is 13.4. The molecule has 4 rings (SSSR count). The van der Waals surface area contributed by atoms with E-state index in [4.69, 9.17) is 14.5 Å². The number of ether oxygens (including phenoxy) is 2. The van der Waals surface area contributed by atoms with E-state index in [-0.39, 0.29) is 48.0 Å². The van der Waals surface area contributed by atoms with Crippen LogP contribution in [-0.4, -0.2) is 89.1 Å². The second-order valence-electron chi connectivity index (χ2n) is 9.32. The molecule has 2 aliphatic rings. The summed E-state index contributed by atoms with van der Waals surface area (Å²) in [6.07, 6.45) is 0.478. The predicted octanol–water partition coefficient (Wildman–Crippen LogP) is 2.77. The van der Waals surface area contributed by atoms with Gasteiger partial charge in [0.15, 0.2) is 9.84 Å². The molecule has 2 aromatic rings. The minimum absolute atomic E-state index is 0. The number of amides is 2. The van der Waals surface area contributed by atoms with E-state index in [1.54, 1.807) is 11.0 Å². The van der Waals surface area contributed by atoms with Gasteiger partial charge in [-0.2, -0.15) is 0 Å². The highest BCUT2D eigenvalue weighted by Crippen LogP contribution is 2.29. The first kappa shape index (κ1) is 28.7. The number of rotatable bonds is 6. The van der Waals surface area contributed by atoms with Crippen molar-refractivity contribution >= 4 is 45.7 Å². The topological polar surface area (TPSA) is 109 Å². The largest absolute Gasteiger partial charge is 0.447 e. The maximum absolute atomic E-state index is 13.4. The molecule has 37 heavy (non-hydrogen) atoms. The molecule has 2 saturated heterocycles. The summed E-state index contributed by atoms with van der Waals surface area (Å²) in [4.78, 5) is 35.6. The van der Waals surface area contributed by atoms with E-state index in [0.29, 0.717) is 31.9 Å². The summed E-state index contributed by atoms with van der Waals surface area (Å²) < 4.78 is 35.7. The van der Waals surface area contributed by atoms with Crippen molar-refractivity contribution in [3.05, 3.63) is 46.6 Å². The number of halogens is 1. The van der Waals surface area contributed by atoms with Crippen LogP contribution in [0.1, 0.15) is 27.2 Å². The molecule has 2 aliphatic heterocycles. The third-order valence-corrected chi connectivity index (χ3v) is 7.83. The number of benzene rings is 1. The zero-order valence-corrected chi connectivity index (χ0v) is 23.3. The van der Waals surface area contributed by atoms with Gasteiger partial charge in [-0.15, -0.1) is 12.4 Å². The first-order valence-electron chi connectivity index (χ1n) is 11.8. The van der Waals surface area contributed by atoms with Crippen molar-refractivity contribution in [3.8, 4) is 0 Å². The lowest BCUT2D eigenvalue weighted by molar-refractivity contribution is 0.0742. The van der Waals surface area contributed by atoms with Gasteiger partial charge in [-0.05, 0) is 50.1 Å². The number of aryl methyl sites for hydroxylation is 3. The van der Waals surface area contributed by atoms with Gasteiger partial charge >= 0.3 is 6.09 Å². The molecule has 1 aromatic carbocycles. The van der Waals surface area contributed by atoms with E-state index < -0.39 is 15.9 Å². The van der Waals surface area contributed by atoms with Crippen molar-refractivity contribution in [1.29, 1.82) is 0 Å². The Kier molecular flexibility index (Phi) is 8.71. The van der Waals surface area contributed by atoms with Gasteiger partial charge in [0, 0.05) is 50.9 Å². The van der Waals surface area contributed by atoms with Crippen LogP contribution in [0.5, 0.6) is 0 Å². The molecular formula is C25H33ClN4O6S. The molecule has 3 heterocycles. The molecule has 2 amide bonds. The van der Waals surface area contributed by atoms with Gasteiger partial charge in [0.1, 0.15) is 12.4 Å². The Morgan fingerprint density at radius 3 is 2.41 bits per heavy atom. The van der Waals surface area contributed by atoms with Gasteiger partial charge in [-0.25, -0.2) is 18.2 Å². The summed E-state index contributed by atoms with van der Waals surface area (Å²) in [6, 6.07) is 6.16. The zero-order chi connectivity index (χ0) is 26.2. The number of piperazine rings is 1. The number of hydrogen-bond acceptors (Lipinski definition) is 8. The van der Waals surface area contributed by atoms with Crippen molar-refractivity contribution < 1.29 is 27.5 Å². The first-order chi connectivity index (χ1) is 17.0. The quantitative estimate of drug-likeness (QED) is 0.538. The predicted molar refractivity (Wildman–Crippen MR) is 143 cm³/mol. The second kappa shape index (κ2) is 11.2. The Morgan fingerprint density at radius 1 is 1.11 bits per heavy atom. The van der Waals surface area contributed by atoms with Gasteiger partial charge < -0.3 is 19.3 Å². The van der Waals surface area contributed by atoms with Crippen molar-refractivity contribution in [2.24, 2.45) is 0 Å². The zero-order valence-electron chi connectivity index (χ0n) is 21.7. The van der Waals surface area contributed by atoms with E-state index in [1.165, 1.54) is 24.1 Å². The van der Waals surface area contributed by atoms with Crippen LogP contribution in [0, 0.1) is 20.8 Å². The first-order valence-corrected chi connectivity index (χ1v) is 13.7. The van der Waals surface area contributed by atoms with E-state index in [1.807, 2.05) is 20.8 Å². The van der Waals surface area contributed by atoms with Crippen LogP contribution >= 0.6 is 12.4 Å². The Bertz CT molecular complexity index is 1290. The monoisotopic (exact) mass is 552 g/mol. The molecule has 10 nitrogen and oxygen atoms in total. The van der Waals surface area contributed by atoms with Crippen LogP contribution in [0.4, 0.5) is 16.3 Å². The summed E-state index contributed by atoms with van der Waals surface area (Å²) in [5.41, 5.74) is 3.63. The fourth-order valence-electron chi connectivity index (χ4n) is 4.68. The molecule has 202 valence electrons. The Hall–Kier alpha value is -2.89. The number of aromatic nitrogens is 1. The number of nitrogens with zero attached hydrogens (tertiary/aromatic N) is 4. The molecule has 1 aromatic heterocycles. The third-order valence-electron chi connectivity index (χ3n) is 6.69. The molecule has 0 unspecified atom stereocenters. The summed E-state index contributed by atoms with van der Waals surface area (Å²) in [7, 11) is -2.25.